The van der Waals surface area contributed by atoms with E-state index in [2.05, 4.69) is 19.9 Å². The summed E-state index contributed by atoms with van der Waals surface area (Å²) in [6.07, 6.45) is 0.899. The van der Waals surface area contributed by atoms with Gasteiger partial charge in [0.15, 0.2) is 0 Å². The molecule has 2 N–H and O–H groups in total. The van der Waals surface area contributed by atoms with Gasteiger partial charge in [0.1, 0.15) is 24.7 Å². The second kappa shape index (κ2) is 7.70. The first kappa shape index (κ1) is 15.4. The third kappa shape index (κ3) is 4.50. The molecule has 0 atom stereocenters. The van der Waals surface area contributed by atoms with Gasteiger partial charge in [-0.15, -0.1) is 0 Å². The van der Waals surface area contributed by atoms with E-state index < -0.39 is 0 Å². The van der Waals surface area contributed by atoms with Crippen molar-refractivity contribution < 1.29 is 9.47 Å². The normalized spacial score (nSPS) is 10.4. The molecule has 2 aromatic carbocycles. The smallest absolute Gasteiger partial charge is 0.122 e. The first-order valence-corrected chi connectivity index (χ1v) is 7.31. The van der Waals surface area contributed by atoms with Crippen LogP contribution >= 0.6 is 0 Å². The van der Waals surface area contributed by atoms with Crippen LogP contribution in [-0.2, 0) is 6.42 Å². The van der Waals surface area contributed by atoms with Gasteiger partial charge in [-0.3, -0.25) is 0 Å². The zero-order valence-corrected chi connectivity index (χ0v) is 12.8. The van der Waals surface area contributed by atoms with Crippen LogP contribution in [0.25, 0.3) is 0 Å². The first-order valence-electron chi connectivity index (χ1n) is 7.31. The van der Waals surface area contributed by atoms with Gasteiger partial charge in [-0.25, -0.2) is 0 Å². The molecule has 0 aliphatic carbocycles. The van der Waals surface area contributed by atoms with Crippen LogP contribution in [-0.4, -0.2) is 19.8 Å². The minimum Gasteiger partial charge on any atom is -0.490 e. The Hall–Kier alpha value is -2.00. The summed E-state index contributed by atoms with van der Waals surface area (Å²) in [6, 6.07) is 14.1. The fourth-order valence-corrected chi connectivity index (χ4v) is 2.11. The molecule has 0 amide bonds. The SMILES string of the molecule is Cc1cccc(OCCOc2ccc(CCN)cc2)c1C. The summed E-state index contributed by atoms with van der Waals surface area (Å²) in [5.41, 5.74) is 9.18. The predicted octanol–water partition coefficient (Wildman–Crippen LogP) is 3.26. The van der Waals surface area contributed by atoms with Gasteiger partial charge in [0.2, 0.25) is 0 Å². The maximum Gasteiger partial charge on any atom is 0.122 e. The number of aryl methyl sites for hydroxylation is 1. The van der Waals surface area contributed by atoms with Crippen molar-refractivity contribution in [3.63, 3.8) is 0 Å². The molecule has 2 aromatic rings. The number of benzene rings is 2. The fourth-order valence-electron chi connectivity index (χ4n) is 2.11. The number of hydrogen-bond donors (Lipinski definition) is 1. The molecule has 0 bridgehead atoms. The summed E-state index contributed by atoms with van der Waals surface area (Å²) < 4.78 is 11.4. The molecule has 0 aliphatic heterocycles. The maximum atomic E-state index is 5.76. The lowest BCUT2D eigenvalue weighted by molar-refractivity contribution is 0.216. The van der Waals surface area contributed by atoms with Crippen LogP contribution in [0, 0.1) is 13.8 Å². The highest BCUT2D eigenvalue weighted by Crippen LogP contribution is 2.20. The van der Waals surface area contributed by atoms with E-state index in [1.165, 1.54) is 16.7 Å². The van der Waals surface area contributed by atoms with Crippen LogP contribution < -0.4 is 15.2 Å². The van der Waals surface area contributed by atoms with Gasteiger partial charge in [-0.1, -0.05) is 24.3 Å². The van der Waals surface area contributed by atoms with E-state index in [1.807, 2.05) is 36.4 Å². The van der Waals surface area contributed by atoms with Crippen molar-refractivity contribution in [3.05, 3.63) is 59.2 Å². The molecule has 0 unspecified atom stereocenters. The molecule has 0 spiro atoms. The summed E-state index contributed by atoms with van der Waals surface area (Å²) >= 11 is 0. The Labute approximate surface area is 126 Å². The van der Waals surface area contributed by atoms with Gasteiger partial charge < -0.3 is 15.2 Å². The van der Waals surface area contributed by atoms with Crippen molar-refractivity contribution in [2.75, 3.05) is 19.8 Å². The highest BCUT2D eigenvalue weighted by Gasteiger charge is 2.01. The summed E-state index contributed by atoms with van der Waals surface area (Å²) in [6.45, 7) is 5.89. The van der Waals surface area contributed by atoms with Crippen LogP contribution in [0.15, 0.2) is 42.5 Å². The summed E-state index contributed by atoms with van der Waals surface area (Å²) in [7, 11) is 0. The summed E-state index contributed by atoms with van der Waals surface area (Å²) in [4.78, 5) is 0. The predicted molar refractivity (Wildman–Crippen MR) is 86.1 cm³/mol. The molecule has 2 rings (SSSR count). The van der Waals surface area contributed by atoms with E-state index in [4.69, 9.17) is 15.2 Å². The molecule has 0 aromatic heterocycles. The monoisotopic (exact) mass is 285 g/mol. The van der Waals surface area contributed by atoms with Gasteiger partial charge in [0, 0.05) is 0 Å². The maximum absolute atomic E-state index is 5.76. The zero-order chi connectivity index (χ0) is 15.1. The number of hydrogen-bond acceptors (Lipinski definition) is 3. The minimum absolute atomic E-state index is 0.531. The average Bonchev–Trinajstić information content (AvgIpc) is 2.50. The lowest BCUT2D eigenvalue weighted by atomic mass is 10.1. The van der Waals surface area contributed by atoms with Gasteiger partial charge in [0.25, 0.3) is 0 Å². The van der Waals surface area contributed by atoms with Crippen molar-refractivity contribution in [2.24, 2.45) is 5.73 Å². The lowest BCUT2D eigenvalue weighted by Gasteiger charge is -2.11. The summed E-state index contributed by atoms with van der Waals surface area (Å²) in [5, 5.41) is 0. The van der Waals surface area contributed by atoms with E-state index in [0.717, 1.165) is 17.9 Å². The van der Waals surface area contributed by atoms with Gasteiger partial charge in [-0.05, 0) is 61.7 Å². The molecule has 0 aliphatic rings. The standard InChI is InChI=1S/C18H23NO2/c1-14-4-3-5-18(15(14)2)21-13-12-20-17-8-6-16(7-9-17)10-11-19/h3-9H,10-13,19H2,1-2H3. The zero-order valence-electron chi connectivity index (χ0n) is 12.8. The van der Waals surface area contributed by atoms with Crippen LogP contribution in [0.3, 0.4) is 0 Å². The highest BCUT2D eigenvalue weighted by molar-refractivity contribution is 5.38. The second-order valence-electron chi connectivity index (χ2n) is 5.08. The van der Waals surface area contributed by atoms with Crippen molar-refractivity contribution in [1.29, 1.82) is 0 Å². The Morgan fingerprint density at radius 1 is 0.905 bits per heavy atom. The third-order valence-electron chi connectivity index (χ3n) is 3.52. The van der Waals surface area contributed by atoms with E-state index in [1.54, 1.807) is 0 Å². The molecule has 3 heteroatoms. The average molecular weight is 285 g/mol. The minimum atomic E-state index is 0.531. The molecule has 3 nitrogen and oxygen atoms in total. The second-order valence-corrected chi connectivity index (χ2v) is 5.08. The topological polar surface area (TPSA) is 44.5 Å². The number of nitrogens with two attached hydrogens (primary N) is 1. The molecule has 21 heavy (non-hydrogen) atoms. The van der Waals surface area contributed by atoms with Crippen molar-refractivity contribution >= 4 is 0 Å². The van der Waals surface area contributed by atoms with E-state index in [9.17, 15) is 0 Å². The van der Waals surface area contributed by atoms with Crippen molar-refractivity contribution in [3.8, 4) is 11.5 Å². The Balaban J connectivity index is 1.78. The molecule has 112 valence electrons. The fraction of sp³-hybridized carbons (Fsp3) is 0.333. The molecule has 0 saturated carbocycles. The van der Waals surface area contributed by atoms with Crippen LogP contribution in [0.2, 0.25) is 0 Å². The molecular formula is C18H23NO2. The Kier molecular flexibility index (Phi) is 5.64. The highest BCUT2D eigenvalue weighted by atomic mass is 16.5. The van der Waals surface area contributed by atoms with E-state index >= 15 is 0 Å². The van der Waals surface area contributed by atoms with Crippen LogP contribution in [0.1, 0.15) is 16.7 Å². The quantitative estimate of drug-likeness (QED) is 0.794. The first-order chi connectivity index (χ1) is 10.2. The molecule has 0 heterocycles. The van der Waals surface area contributed by atoms with Crippen LogP contribution in [0.5, 0.6) is 11.5 Å². The lowest BCUT2D eigenvalue weighted by Crippen LogP contribution is -2.10. The van der Waals surface area contributed by atoms with Crippen molar-refractivity contribution in [2.45, 2.75) is 20.3 Å². The molecule has 0 fully saturated rings. The summed E-state index contributed by atoms with van der Waals surface area (Å²) in [5.74, 6) is 1.79. The number of rotatable bonds is 7. The molecule has 0 radical (unpaired) electrons. The number of ether oxygens (including phenoxy) is 2. The molecule has 0 saturated heterocycles. The van der Waals surface area contributed by atoms with E-state index in [0.29, 0.717) is 19.8 Å². The Morgan fingerprint density at radius 3 is 2.33 bits per heavy atom. The van der Waals surface area contributed by atoms with Gasteiger partial charge in [0.05, 0.1) is 0 Å². The van der Waals surface area contributed by atoms with Gasteiger partial charge in [-0.2, -0.15) is 0 Å². The van der Waals surface area contributed by atoms with Crippen molar-refractivity contribution in [1.82, 2.24) is 0 Å². The van der Waals surface area contributed by atoms with Gasteiger partial charge >= 0.3 is 0 Å². The third-order valence-corrected chi connectivity index (χ3v) is 3.52. The van der Waals surface area contributed by atoms with Crippen LogP contribution in [0.4, 0.5) is 0 Å². The Morgan fingerprint density at radius 2 is 1.62 bits per heavy atom. The molecular weight excluding hydrogens is 262 g/mol. The van der Waals surface area contributed by atoms with E-state index in [-0.39, 0.29) is 0 Å². The Bertz CT molecular complexity index is 564. The largest absolute Gasteiger partial charge is 0.490 e.